The Morgan fingerprint density at radius 1 is 1.04 bits per heavy atom. The molecule has 124 valence electrons. The third-order valence-corrected chi connectivity index (χ3v) is 5.13. The minimum atomic E-state index is -3.33. The van der Waals surface area contributed by atoms with Gasteiger partial charge in [0.1, 0.15) is 0 Å². The van der Waals surface area contributed by atoms with Gasteiger partial charge in [-0.15, -0.1) is 12.4 Å². The van der Waals surface area contributed by atoms with E-state index in [1.807, 2.05) is 37.3 Å². The summed E-state index contributed by atoms with van der Waals surface area (Å²) in [5.74, 6) is 0.0151. The van der Waals surface area contributed by atoms with Gasteiger partial charge in [-0.25, -0.2) is 13.1 Å². The monoisotopic (exact) mass is 352 g/mol. The Bertz CT molecular complexity index is 791. The molecule has 0 saturated heterocycles. The lowest BCUT2D eigenvalue weighted by atomic mass is 10.1. The molecule has 2 aromatic carbocycles. The fraction of sp³-hybridized carbons (Fsp3) is 0.294. The van der Waals surface area contributed by atoms with E-state index >= 15 is 0 Å². The van der Waals surface area contributed by atoms with Crippen molar-refractivity contribution in [2.75, 3.05) is 0 Å². The minimum Gasteiger partial charge on any atom is -0.309 e. The van der Waals surface area contributed by atoms with Crippen LogP contribution in [0.3, 0.4) is 0 Å². The van der Waals surface area contributed by atoms with Crippen molar-refractivity contribution in [3.63, 3.8) is 0 Å². The Hall–Kier alpha value is -1.40. The van der Waals surface area contributed by atoms with Crippen molar-refractivity contribution < 1.29 is 8.42 Å². The molecule has 0 aromatic heterocycles. The highest BCUT2D eigenvalue weighted by Crippen LogP contribution is 2.17. The first-order valence-electron chi connectivity index (χ1n) is 7.36. The molecule has 0 fully saturated rings. The predicted molar refractivity (Wildman–Crippen MR) is 94.9 cm³/mol. The number of hydrogen-bond donors (Lipinski definition) is 2. The smallest absolute Gasteiger partial charge is 0.216 e. The van der Waals surface area contributed by atoms with Gasteiger partial charge in [0.25, 0.3) is 0 Å². The number of hydrogen-bond acceptors (Lipinski definition) is 3. The third-order valence-electron chi connectivity index (χ3n) is 3.84. The lowest BCUT2D eigenvalue weighted by Gasteiger charge is -2.09. The van der Waals surface area contributed by atoms with Gasteiger partial charge in [0.05, 0.1) is 5.75 Å². The van der Waals surface area contributed by atoms with E-state index in [2.05, 4.69) is 22.2 Å². The molecule has 2 N–H and O–H groups in total. The molecular formula is C17H21ClN2O2S. The number of rotatable bonds is 5. The highest BCUT2D eigenvalue weighted by Gasteiger charge is 2.13. The summed E-state index contributed by atoms with van der Waals surface area (Å²) in [5, 5.41) is 3.29. The molecule has 0 saturated carbocycles. The molecule has 0 unspecified atom stereocenters. The van der Waals surface area contributed by atoms with Crippen molar-refractivity contribution >= 4 is 22.4 Å². The van der Waals surface area contributed by atoms with Crippen molar-refractivity contribution in [3.8, 4) is 0 Å². The minimum absolute atomic E-state index is 0. The topological polar surface area (TPSA) is 58.2 Å². The van der Waals surface area contributed by atoms with Gasteiger partial charge >= 0.3 is 0 Å². The number of halogens is 1. The number of aryl methyl sites for hydroxylation is 1. The van der Waals surface area contributed by atoms with Crippen molar-refractivity contribution in [2.24, 2.45) is 0 Å². The van der Waals surface area contributed by atoms with Crippen LogP contribution in [0.2, 0.25) is 0 Å². The molecule has 0 atom stereocenters. The molecule has 23 heavy (non-hydrogen) atoms. The summed E-state index contributed by atoms with van der Waals surface area (Å²) in [6, 6.07) is 13.7. The molecule has 3 rings (SSSR count). The second-order valence-electron chi connectivity index (χ2n) is 5.78. The van der Waals surface area contributed by atoms with E-state index in [0.717, 1.165) is 29.8 Å². The van der Waals surface area contributed by atoms with E-state index < -0.39 is 10.0 Å². The SMILES string of the molecule is Cc1cccc(CS(=O)(=O)NCc2ccc3c(c2)CNC3)c1.Cl. The van der Waals surface area contributed by atoms with E-state index in [1.165, 1.54) is 11.1 Å². The van der Waals surface area contributed by atoms with Gasteiger partial charge in [0, 0.05) is 19.6 Å². The molecule has 1 heterocycles. The van der Waals surface area contributed by atoms with E-state index in [0.29, 0.717) is 6.54 Å². The Labute approximate surface area is 143 Å². The van der Waals surface area contributed by atoms with Gasteiger partial charge < -0.3 is 5.32 Å². The quantitative estimate of drug-likeness (QED) is 0.869. The van der Waals surface area contributed by atoms with Crippen molar-refractivity contribution in [3.05, 3.63) is 70.3 Å². The van der Waals surface area contributed by atoms with E-state index in [1.54, 1.807) is 0 Å². The van der Waals surface area contributed by atoms with Gasteiger partial charge in [0.15, 0.2) is 0 Å². The molecule has 1 aliphatic heterocycles. The van der Waals surface area contributed by atoms with Gasteiger partial charge in [-0.3, -0.25) is 0 Å². The van der Waals surface area contributed by atoms with E-state index in [9.17, 15) is 8.42 Å². The maximum atomic E-state index is 12.2. The van der Waals surface area contributed by atoms with E-state index in [4.69, 9.17) is 0 Å². The molecular weight excluding hydrogens is 332 g/mol. The average molecular weight is 353 g/mol. The normalized spacial score (nSPS) is 13.4. The second-order valence-corrected chi connectivity index (χ2v) is 7.58. The first-order valence-corrected chi connectivity index (χ1v) is 9.01. The zero-order valence-electron chi connectivity index (χ0n) is 13.0. The lowest BCUT2D eigenvalue weighted by molar-refractivity contribution is 0.580. The van der Waals surface area contributed by atoms with Crippen molar-refractivity contribution in [2.45, 2.75) is 32.3 Å². The van der Waals surface area contributed by atoms with Gasteiger partial charge in [-0.1, -0.05) is 48.0 Å². The van der Waals surface area contributed by atoms with Crippen LogP contribution in [0.5, 0.6) is 0 Å². The van der Waals surface area contributed by atoms with Gasteiger partial charge in [-0.05, 0) is 29.2 Å². The summed E-state index contributed by atoms with van der Waals surface area (Å²) in [5.41, 5.74) is 5.43. The van der Waals surface area contributed by atoms with Crippen molar-refractivity contribution in [1.82, 2.24) is 10.0 Å². The molecule has 0 bridgehead atoms. The summed E-state index contributed by atoms with van der Waals surface area (Å²) in [6.07, 6.45) is 0. The summed E-state index contributed by atoms with van der Waals surface area (Å²) in [7, 11) is -3.33. The molecule has 4 nitrogen and oxygen atoms in total. The molecule has 0 amide bonds. The Morgan fingerprint density at radius 2 is 1.83 bits per heavy atom. The van der Waals surface area contributed by atoms with Crippen LogP contribution in [0.1, 0.15) is 27.8 Å². The maximum absolute atomic E-state index is 12.2. The largest absolute Gasteiger partial charge is 0.309 e. The summed E-state index contributed by atoms with van der Waals surface area (Å²) in [4.78, 5) is 0. The fourth-order valence-corrected chi connectivity index (χ4v) is 3.83. The highest BCUT2D eigenvalue weighted by atomic mass is 35.5. The number of sulfonamides is 1. The Kier molecular flexibility index (Phi) is 5.81. The van der Waals surface area contributed by atoms with Crippen LogP contribution in [0.25, 0.3) is 0 Å². The van der Waals surface area contributed by atoms with Gasteiger partial charge in [0.2, 0.25) is 10.0 Å². The van der Waals surface area contributed by atoms with Crippen LogP contribution in [0, 0.1) is 6.92 Å². The number of benzene rings is 2. The molecule has 0 radical (unpaired) electrons. The molecule has 0 aliphatic carbocycles. The zero-order chi connectivity index (χ0) is 15.6. The van der Waals surface area contributed by atoms with Gasteiger partial charge in [-0.2, -0.15) is 0 Å². The van der Waals surface area contributed by atoms with Crippen LogP contribution >= 0.6 is 12.4 Å². The fourth-order valence-electron chi connectivity index (χ4n) is 2.72. The van der Waals surface area contributed by atoms with Crippen LogP contribution in [-0.4, -0.2) is 8.42 Å². The van der Waals surface area contributed by atoms with E-state index in [-0.39, 0.29) is 18.2 Å². The molecule has 1 aliphatic rings. The summed E-state index contributed by atoms with van der Waals surface area (Å²) in [6.45, 7) is 4.05. The number of nitrogens with one attached hydrogen (secondary N) is 2. The van der Waals surface area contributed by atoms with Crippen LogP contribution in [-0.2, 0) is 35.4 Å². The Balaban J connectivity index is 0.00000192. The molecule has 0 spiro atoms. The second kappa shape index (κ2) is 7.45. The number of fused-ring (bicyclic) bond motifs is 1. The highest BCUT2D eigenvalue weighted by molar-refractivity contribution is 7.88. The van der Waals surface area contributed by atoms with Crippen LogP contribution in [0.4, 0.5) is 0 Å². The summed E-state index contributed by atoms with van der Waals surface area (Å²) < 4.78 is 27.1. The third kappa shape index (κ3) is 4.78. The predicted octanol–water partition coefficient (Wildman–Crippen LogP) is 2.64. The maximum Gasteiger partial charge on any atom is 0.216 e. The lowest BCUT2D eigenvalue weighted by Crippen LogP contribution is -2.24. The first kappa shape index (κ1) is 17.9. The molecule has 6 heteroatoms. The summed E-state index contributed by atoms with van der Waals surface area (Å²) >= 11 is 0. The standard InChI is InChI=1S/C17H20N2O2S.ClH/c1-13-3-2-4-15(7-13)12-22(20,21)19-9-14-5-6-16-10-18-11-17(16)8-14;/h2-8,18-19H,9-12H2,1H3;1H. The first-order chi connectivity index (χ1) is 10.5. The van der Waals surface area contributed by atoms with Crippen LogP contribution < -0.4 is 10.0 Å². The Morgan fingerprint density at radius 3 is 2.61 bits per heavy atom. The average Bonchev–Trinajstić information content (AvgIpc) is 2.92. The molecule has 2 aromatic rings. The zero-order valence-corrected chi connectivity index (χ0v) is 14.6. The van der Waals surface area contributed by atoms with Crippen molar-refractivity contribution in [1.29, 1.82) is 0 Å². The van der Waals surface area contributed by atoms with Crippen LogP contribution in [0.15, 0.2) is 42.5 Å².